The SMILES string of the molecule is CNC(C)(C)C(=O)Nn1cccc1. The third-order valence-electron chi connectivity index (χ3n) is 2.03. The lowest BCUT2D eigenvalue weighted by molar-refractivity contribution is -0.122. The van der Waals surface area contributed by atoms with Crippen LogP contribution in [0.5, 0.6) is 0 Å². The van der Waals surface area contributed by atoms with E-state index in [0.29, 0.717) is 0 Å². The molecule has 72 valence electrons. The first-order valence-electron chi connectivity index (χ1n) is 4.19. The molecule has 0 saturated carbocycles. The summed E-state index contributed by atoms with van der Waals surface area (Å²) in [5.41, 5.74) is 2.18. The number of likely N-dealkylation sites (N-methyl/N-ethyl adjacent to an activating group) is 1. The Labute approximate surface area is 77.9 Å². The summed E-state index contributed by atoms with van der Waals surface area (Å²) in [6.45, 7) is 3.65. The smallest absolute Gasteiger partial charge is 0.258 e. The molecular formula is C9H15N3O. The topological polar surface area (TPSA) is 46.1 Å². The zero-order chi connectivity index (χ0) is 9.90. The minimum absolute atomic E-state index is 0.0637. The lowest BCUT2D eigenvalue weighted by Gasteiger charge is -2.22. The van der Waals surface area contributed by atoms with Crippen molar-refractivity contribution in [3.63, 3.8) is 0 Å². The molecule has 1 aromatic heterocycles. The van der Waals surface area contributed by atoms with E-state index >= 15 is 0 Å². The molecule has 4 heteroatoms. The standard InChI is InChI=1S/C9H15N3O/c1-9(2,10-3)8(13)11-12-6-4-5-7-12/h4-7,10H,1-3H3,(H,11,13). The van der Waals surface area contributed by atoms with Gasteiger partial charge in [0.05, 0.1) is 5.54 Å². The van der Waals surface area contributed by atoms with E-state index in [1.54, 1.807) is 24.1 Å². The van der Waals surface area contributed by atoms with Gasteiger partial charge in [-0.1, -0.05) is 0 Å². The van der Waals surface area contributed by atoms with Gasteiger partial charge >= 0.3 is 0 Å². The second-order valence-electron chi connectivity index (χ2n) is 3.41. The van der Waals surface area contributed by atoms with Crippen LogP contribution >= 0.6 is 0 Å². The largest absolute Gasteiger partial charge is 0.307 e. The molecule has 1 aromatic rings. The first-order valence-corrected chi connectivity index (χ1v) is 4.19. The molecule has 1 rings (SSSR count). The minimum atomic E-state index is -0.551. The highest BCUT2D eigenvalue weighted by atomic mass is 16.2. The van der Waals surface area contributed by atoms with Gasteiger partial charge in [0.2, 0.25) is 0 Å². The van der Waals surface area contributed by atoms with Crippen molar-refractivity contribution in [2.45, 2.75) is 19.4 Å². The maximum Gasteiger partial charge on any atom is 0.258 e. The molecule has 0 fully saturated rings. The van der Waals surface area contributed by atoms with E-state index in [4.69, 9.17) is 0 Å². The Hall–Kier alpha value is -1.29. The Morgan fingerprint density at radius 3 is 2.31 bits per heavy atom. The van der Waals surface area contributed by atoms with E-state index in [1.807, 2.05) is 26.0 Å². The van der Waals surface area contributed by atoms with E-state index in [-0.39, 0.29) is 5.91 Å². The lowest BCUT2D eigenvalue weighted by atomic mass is 10.1. The van der Waals surface area contributed by atoms with Crippen LogP contribution in [0.1, 0.15) is 13.8 Å². The van der Waals surface area contributed by atoms with Gasteiger partial charge in [0, 0.05) is 12.4 Å². The number of carbonyl (C=O) groups excluding carboxylic acids is 1. The van der Waals surface area contributed by atoms with E-state index in [2.05, 4.69) is 10.7 Å². The van der Waals surface area contributed by atoms with Gasteiger partial charge in [-0.3, -0.25) is 14.9 Å². The molecule has 0 unspecified atom stereocenters. The van der Waals surface area contributed by atoms with Gasteiger partial charge < -0.3 is 5.32 Å². The molecule has 0 aromatic carbocycles. The summed E-state index contributed by atoms with van der Waals surface area (Å²) < 4.78 is 1.63. The van der Waals surface area contributed by atoms with Crippen molar-refractivity contribution in [1.29, 1.82) is 0 Å². The lowest BCUT2D eigenvalue weighted by Crippen LogP contribution is -2.49. The Morgan fingerprint density at radius 2 is 1.85 bits per heavy atom. The van der Waals surface area contributed by atoms with Crippen molar-refractivity contribution in [1.82, 2.24) is 9.99 Å². The molecule has 0 saturated heterocycles. The summed E-state index contributed by atoms with van der Waals surface area (Å²) in [4.78, 5) is 11.6. The highest BCUT2D eigenvalue weighted by molar-refractivity contribution is 5.91. The van der Waals surface area contributed by atoms with Gasteiger partial charge in [-0.05, 0) is 33.0 Å². The number of aromatic nitrogens is 1. The first-order chi connectivity index (χ1) is 6.06. The normalized spacial score (nSPS) is 11.3. The summed E-state index contributed by atoms with van der Waals surface area (Å²) in [5.74, 6) is -0.0637. The fraction of sp³-hybridized carbons (Fsp3) is 0.444. The molecule has 0 aliphatic heterocycles. The van der Waals surface area contributed by atoms with Gasteiger partial charge in [0.15, 0.2) is 0 Å². The molecule has 0 radical (unpaired) electrons. The van der Waals surface area contributed by atoms with Crippen molar-refractivity contribution in [3.05, 3.63) is 24.5 Å². The summed E-state index contributed by atoms with van der Waals surface area (Å²) in [7, 11) is 1.76. The summed E-state index contributed by atoms with van der Waals surface area (Å²) in [5, 5.41) is 2.93. The average Bonchev–Trinajstić information content (AvgIpc) is 2.57. The van der Waals surface area contributed by atoms with Gasteiger partial charge in [-0.25, -0.2) is 0 Å². The molecule has 0 spiro atoms. The van der Waals surface area contributed by atoms with Crippen molar-refractivity contribution >= 4 is 5.91 Å². The molecule has 1 heterocycles. The van der Waals surface area contributed by atoms with Crippen LogP contribution in [0, 0.1) is 0 Å². The fourth-order valence-corrected chi connectivity index (χ4v) is 0.780. The Kier molecular flexibility index (Phi) is 2.72. The second kappa shape index (κ2) is 3.62. The monoisotopic (exact) mass is 181 g/mol. The molecule has 1 amide bonds. The van der Waals surface area contributed by atoms with Crippen molar-refractivity contribution < 1.29 is 4.79 Å². The maximum absolute atomic E-state index is 11.6. The van der Waals surface area contributed by atoms with Crippen LogP contribution in [0.2, 0.25) is 0 Å². The second-order valence-corrected chi connectivity index (χ2v) is 3.41. The van der Waals surface area contributed by atoms with Crippen molar-refractivity contribution in [2.75, 3.05) is 12.5 Å². The van der Waals surface area contributed by atoms with Crippen LogP contribution in [0.4, 0.5) is 0 Å². The number of hydrogen-bond acceptors (Lipinski definition) is 2. The predicted octanol–water partition coefficient (Wildman–Crippen LogP) is 0.556. The molecule has 13 heavy (non-hydrogen) atoms. The quantitative estimate of drug-likeness (QED) is 0.715. The molecule has 0 bridgehead atoms. The number of rotatable bonds is 3. The third-order valence-corrected chi connectivity index (χ3v) is 2.03. The maximum atomic E-state index is 11.6. The fourth-order valence-electron chi connectivity index (χ4n) is 0.780. The molecule has 0 aliphatic rings. The van der Waals surface area contributed by atoms with Crippen molar-refractivity contribution in [3.8, 4) is 0 Å². The molecule has 0 atom stereocenters. The number of amides is 1. The van der Waals surface area contributed by atoms with E-state index < -0.39 is 5.54 Å². The zero-order valence-electron chi connectivity index (χ0n) is 8.16. The van der Waals surface area contributed by atoms with Crippen molar-refractivity contribution in [2.24, 2.45) is 0 Å². The zero-order valence-corrected chi connectivity index (χ0v) is 8.16. The molecule has 2 N–H and O–H groups in total. The Morgan fingerprint density at radius 1 is 1.31 bits per heavy atom. The predicted molar refractivity (Wildman–Crippen MR) is 51.9 cm³/mol. The van der Waals surface area contributed by atoms with Gasteiger partial charge in [-0.2, -0.15) is 0 Å². The number of carbonyl (C=O) groups is 1. The number of nitrogens with zero attached hydrogens (tertiary/aromatic N) is 1. The average molecular weight is 181 g/mol. The van der Waals surface area contributed by atoms with Crippen LogP contribution in [-0.2, 0) is 4.79 Å². The third kappa shape index (κ3) is 2.32. The summed E-state index contributed by atoms with van der Waals surface area (Å²) in [6, 6.07) is 3.71. The first kappa shape index (κ1) is 9.80. The highest BCUT2D eigenvalue weighted by Gasteiger charge is 2.24. The van der Waals surface area contributed by atoms with Gasteiger partial charge in [0.1, 0.15) is 0 Å². The van der Waals surface area contributed by atoms with E-state index in [9.17, 15) is 4.79 Å². The van der Waals surface area contributed by atoms with E-state index in [1.165, 1.54) is 0 Å². The molecule has 0 aliphatic carbocycles. The summed E-state index contributed by atoms with van der Waals surface area (Å²) in [6.07, 6.45) is 3.56. The van der Waals surface area contributed by atoms with E-state index in [0.717, 1.165) is 0 Å². The summed E-state index contributed by atoms with van der Waals surface area (Å²) >= 11 is 0. The van der Waals surface area contributed by atoms with Crippen LogP contribution in [0.25, 0.3) is 0 Å². The van der Waals surface area contributed by atoms with Crippen LogP contribution < -0.4 is 10.7 Å². The number of nitrogens with one attached hydrogen (secondary N) is 2. The minimum Gasteiger partial charge on any atom is -0.307 e. The number of hydrogen-bond donors (Lipinski definition) is 2. The Balaban J connectivity index is 2.61. The van der Waals surface area contributed by atoms with Gasteiger partial charge in [0.25, 0.3) is 5.91 Å². The van der Waals surface area contributed by atoms with Crippen LogP contribution in [0.3, 0.4) is 0 Å². The highest BCUT2D eigenvalue weighted by Crippen LogP contribution is 2.01. The van der Waals surface area contributed by atoms with Gasteiger partial charge in [-0.15, -0.1) is 0 Å². The molecule has 4 nitrogen and oxygen atoms in total. The Bertz CT molecular complexity index is 277. The van der Waals surface area contributed by atoms with Crippen LogP contribution in [0.15, 0.2) is 24.5 Å². The molecular weight excluding hydrogens is 166 g/mol. The van der Waals surface area contributed by atoms with Crippen LogP contribution in [-0.4, -0.2) is 23.2 Å².